The van der Waals surface area contributed by atoms with Gasteiger partial charge in [0.05, 0.1) is 0 Å². The van der Waals surface area contributed by atoms with Gasteiger partial charge in [-0.05, 0) is 48.7 Å². The highest BCUT2D eigenvalue weighted by Gasteiger charge is 2.31. The second kappa shape index (κ2) is 8.99. The predicted molar refractivity (Wildman–Crippen MR) is 124 cm³/mol. The number of hydrogen-bond donors (Lipinski definition) is 1. The molecule has 160 valence electrons. The molecule has 1 fully saturated rings. The molecule has 3 aromatic rings. The zero-order chi connectivity index (χ0) is 21.8. The molecule has 1 aromatic carbocycles. The molecule has 0 spiro atoms. The van der Waals surface area contributed by atoms with Crippen LogP contribution in [-0.4, -0.2) is 46.8 Å². The van der Waals surface area contributed by atoms with Crippen LogP contribution in [0.25, 0.3) is 10.9 Å². The number of anilines is 2. The van der Waals surface area contributed by atoms with Crippen LogP contribution >= 0.6 is 0 Å². The Kier molecular flexibility index (Phi) is 5.97. The Bertz CT molecular complexity index is 1120. The minimum Gasteiger partial charge on any atom is -0.351 e. The summed E-state index contributed by atoms with van der Waals surface area (Å²) in [6.07, 6.45) is 8.83. The van der Waals surface area contributed by atoms with E-state index in [1.807, 2.05) is 26.4 Å². The summed E-state index contributed by atoms with van der Waals surface area (Å²) in [5.41, 5.74) is 2.24. The Morgan fingerprint density at radius 2 is 2.26 bits per heavy atom. The normalized spacial score (nSPS) is 16.2. The average molecular weight is 418 g/mol. The third kappa shape index (κ3) is 4.42. The van der Waals surface area contributed by atoms with Gasteiger partial charge in [0.25, 0.3) is 0 Å². The lowest BCUT2D eigenvalue weighted by Crippen LogP contribution is -2.43. The molecule has 4 rings (SSSR count). The van der Waals surface area contributed by atoms with Crippen LogP contribution < -0.4 is 15.1 Å². The highest BCUT2D eigenvalue weighted by Crippen LogP contribution is 2.25. The summed E-state index contributed by atoms with van der Waals surface area (Å²) in [6, 6.07) is 9.98. The van der Waals surface area contributed by atoms with Crippen LogP contribution in [0.15, 0.2) is 60.1 Å². The van der Waals surface area contributed by atoms with E-state index in [1.165, 1.54) is 5.39 Å². The smallest absolute Gasteiger partial charge is 0.243 e. The standard InChI is InChI=1S/C23H27N7O/c1-24-11-14-29(3)23-25-10-8-21(27-23)30-12-4-5-19(30)22(31)26-16-17-6-7-18-9-13-28(2)20(18)15-17/h6-11,13-15,19H,1,4-5,12,16H2,2-3H3,(H,26,31)/b14-11-/t19-/m1/s1. The maximum atomic E-state index is 13.0. The van der Waals surface area contributed by atoms with Crippen molar-refractivity contribution in [3.05, 3.63) is 60.7 Å². The monoisotopic (exact) mass is 417 g/mol. The number of nitrogens with zero attached hydrogens (tertiary/aromatic N) is 6. The number of benzene rings is 1. The molecule has 8 nitrogen and oxygen atoms in total. The molecular weight excluding hydrogens is 390 g/mol. The van der Waals surface area contributed by atoms with Gasteiger partial charge in [0.2, 0.25) is 11.9 Å². The van der Waals surface area contributed by atoms with E-state index in [1.54, 1.807) is 23.5 Å². The lowest BCUT2D eigenvalue weighted by molar-refractivity contribution is -0.122. The second-order valence-corrected chi connectivity index (χ2v) is 7.70. The van der Waals surface area contributed by atoms with Crippen LogP contribution in [0.1, 0.15) is 18.4 Å². The van der Waals surface area contributed by atoms with E-state index < -0.39 is 0 Å². The van der Waals surface area contributed by atoms with Crippen LogP contribution in [0.2, 0.25) is 0 Å². The van der Waals surface area contributed by atoms with Crippen molar-refractivity contribution in [2.75, 3.05) is 23.4 Å². The van der Waals surface area contributed by atoms with E-state index >= 15 is 0 Å². The molecule has 0 saturated carbocycles. The molecule has 0 aliphatic carbocycles. The van der Waals surface area contributed by atoms with Crippen molar-refractivity contribution in [2.24, 2.45) is 12.0 Å². The summed E-state index contributed by atoms with van der Waals surface area (Å²) < 4.78 is 2.09. The number of fused-ring (bicyclic) bond motifs is 1. The van der Waals surface area contributed by atoms with Gasteiger partial charge in [0.1, 0.15) is 11.9 Å². The Morgan fingerprint density at radius 3 is 3.10 bits per heavy atom. The van der Waals surface area contributed by atoms with Gasteiger partial charge < -0.3 is 19.7 Å². The summed E-state index contributed by atoms with van der Waals surface area (Å²) >= 11 is 0. The molecule has 1 atom stereocenters. The van der Waals surface area contributed by atoms with Crippen molar-refractivity contribution in [3.8, 4) is 0 Å². The van der Waals surface area contributed by atoms with Gasteiger partial charge in [-0.2, -0.15) is 4.98 Å². The van der Waals surface area contributed by atoms with Crippen molar-refractivity contribution in [3.63, 3.8) is 0 Å². The minimum atomic E-state index is -0.239. The molecule has 8 heteroatoms. The number of hydrogen-bond acceptors (Lipinski definition) is 6. The largest absolute Gasteiger partial charge is 0.351 e. The number of nitrogens with one attached hydrogen (secondary N) is 1. The average Bonchev–Trinajstić information content (AvgIpc) is 3.43. The topological polar surface area (TPSA) is 78.7 Å². The molecule has 1 N–H and O–H groups in total. The van der Waals surface area contributed by atoms with Crippen molar-refractivity contribution in [1.29, 1.82) is 0 Å². The Labute approximate surface area is 181 Å². The number of aromatic nitrogens is 3. The number of aliphatic imine (C=N–C) groups is 1. The van der Waals surface area contributed by atoms with Crippen molar-refractivity contribution in [2.45, 2.75) is 25.4 Å². The second-order valence-electron chi connectivity index (χ2n) is 7.70. The highest BCUT2D eigenvalue weighted by atomic mass is 16.2. The van der Waals surface area contributed by atoms with Crippen LogP contribution in [0.5, 0.6) is 0 Å². The third-order valence-electron chi connectivity index (χ3n) is 5.61. The van der Waals surface area contributed by atoms with Gasteiger partial charge in [-0.3, -0.25) is 9.79 Å². The Balaban J connectivity index is 1.45. The van der Waals surface area contributed by atoms with E-state index in [4.69, 9.17) is 0 Å². The van der Waals surface area contributed by atoms with Crippen LogP contribution in [-0.2, 0) is 18.4 Å². The molecule has 1 aliphatic heterocycles. The first-order valence-corrected chi connectivity index (χ1v) is 10.3. The lowest BCUT2D eigenvalue weighted by atomic mass is 10.1. The summed E-state index contributed by atoms with van der Waals surface area (Å²) in [4.78, 5) is 29.5. The first-order chi connectivity index (χ1) is 15.1. The van der Waals surface area contributed by atoms with Crippen LogP contribution in [0.4, 0.5) is 11.8 Å². The third-order valence-corrected chi connectivity index (χ3v) is 5.61. The SMILES string of the molecule is C=N/C=C\N(C)c1nccc(N2CCC[C@@H]2C(=O)NCc2ccc3ccn(C)c3c2)n1. The quantitative estimate of drug-likeness (QED) is 0.598. The first kappa shape index (κ1) is 20.6. The fourth-order valence-corrected chi connectivity index (χ4v) is 3.92. The summed E-state index contributed by atoms with van der Waals surface area (Å²) in [5.74, 6) is 1.31. The first-order valence-electron chi connectivity index (χ1n) is 10.3. The molecular formula is C23H27N7O. The van der Waals surface area contributed by atoms with E-state index in [0.29, 0.717) is 12.5 Å². The predicted octanol–water partition coefficient (Wildman–Crippen LogP) is 2.86. The number of rotatable bonds is 7. The maximum Gasteiger partial charge on any atom is 0.243 e. The van der Waals surface area contributed by atoms with Gasteiger partial charge >= 0.3 is 0 Å². The Hall–Kier alpha value is -3.68. The zero-order valence-electron chi connectivity index (χ0n) is 17.9. The van der Waals surface area contributed by atoms with Gasteiger partial charge in [0, 0.05) is 57.5 Å². The summed E-state index contributed by atoms with van der Waals surface area (Å²) in [5, 5.41) is 4.31. The summed E-state index contributed by atoms with van der Waals surface area (Å²) in [7, 11) is 3.87. The van der Waals surface area contributed by atoms with Crippen LogP contribution in [0.3, 0.4) is 0 Å². The molecule has 31 heavy (non-hydrogen) atoms. The molecule has 2 aromatic heterocycles. The van der Waals surface area contributed by atoms with Gasteiger partial charge in [-0.15, -0.1) is 0 Å². The van der Waals surface area contributed by atoms with E-state index in [0.717, 1.165) is 36.3 Å². The summed E-state index contributed by atoms with van der Waals surface area (Å²) in [6.45, 7) is 4.72. The van der Waals surface area contributed by atoms with Gasteiger partial charge in [0.15, 0.2) is 0 Å². The van der Waals surface area contributed by atoms with Gasteiger partial charge in [-0.25, -0.2) is 4.98 Å². The number of aryl methyl sites for hydroxylation is 1. The molecule has 0 bridgehead atoms. The number of amides is 1. The van der Waals surface area contributed by atoms with E-state index in [2.05, 4.69) is 60.7 Å². The lowest BCUT2D eigenvalue weighted by Gasteiger charge is -2.25. The van der Waals surface area contributed by atoms with E-state index in [-0.39, 0.29) is 11.9 Å². The minimum absolute atomic E-state index is 0.0220. The molecule has 3 heterocycles. The fourth-order valence-electron chi connectivity index (χ4n) is 3.92. The van der Waals surface area contributed by atoms with Crippen molar-refractivity contribution >= 4 is 35.3 Å². The highest BCUT2D eigenvalue weighted by molar-refractivity contribution is 5.86. The zero-order valence-corrected chi connectivity index (χ0v) is 17.9. The number of carbonyl (C=O) groups is 1. The molecule has 1 aliphatic rings. The molecule has 0 unspecified atom stereocenters. The molecule has 1 saturated heterocycles. The van der Waals surface area contributed by atoms with Gasteiger partial charge in [-0.1, -0.05) is 12.1 Å². The Morgan fingerprint density at radius 1 is 1.39 bits per heavy atom. The number of carbonyl (C=O) groups excluding carboxylic acids is 1. The molecule has 0 radical (unpaired) electrons. The van der Waals surface area contributed by atoms with Crippen molar-refractivity contribution < 1.29 is 4.79 Å². The van der Waals surface area contributed by atoms with Crippen LogP contribution in [0, 0.1) is 0 Å². The van der Waals surface area contributed by atoms with E-state index in [9.17, 15) is 4.79 Å². The van der Waals surface area contributed by atoms with Crippen molar-refractivity contribution in [1.82, 2.24) is 19.9 Å². The maximum absolute atomic E-state index is 13.0. The molecule has 1 amide bonds. The fraction of sp³-hybridized carbons (Fsp3) is 0.304.